The van der Waals surface area contributed by atoms with E-state index in [0.29, 0.717) is 0 Å². The Bertz CT molecular complexity index is 760. The van der Waals surface area contributed by atoms with Crippen LogP contribution in [-0.4, -0.2) is 50.1 Å². The summed E-state index contributed by atoms with van der Waals surface area (Å²) >= 11 is 3.43. The van der Waals surface area contributed by atoms with E-state index in [9.17, 15) is 4.79 Å². The van der Waals surface area contributed by atoms with Crippen LogP contribution in [0, 0.1) is 0 Å². The zero-order valence-electron chi connectivity index (χ0n) is 15.1. The summed E-state index contributed by atoms with van der Waals surface area (Å²) in [5, 5.41) is 3.00. The van der Waals surface area contributed by atoms with E-state index in [1.165, 1.54) is 0 Å². The summed E-state index contributed by atoms with van der Waals surface area (Å²) < 4.78 is 6.42. The highest BCUT2D eigenvalue weighted by Gasteiger charge is 2.26. The Labute approximate surface area is 163 Å². The molecule has 0 radical (unpaired) electrons. The Hall–Kier alpha value is -2.05. The van der Waals surface area contributed by atoms with Gasteiger partial charge in [-0.2, -0.15) is 0 Å². The molecule has 138 valence electrons. The maximum Gasteiger partial charge on any atom is 0.241 e. The van der Waals surface area contributed by atoms with Crippen molar-refractivity contribution in [2.75, 3.05) is 43.5 Å². The normalized spacial score (nSPS) is 16.2. The van der Waals surface area contributed by atoms with E-state index in [4.69, 9.17) is 4.74 Å². The van der Waals surface area contributed by atoms with Gasteiger partial charge in [0.2, 0.25) is 5.91 Å². The number of nitrogens with one attached hydrogen (secondary N) is 1. The third-order valence-electron chi connectivity index (χ3n) is 4.76. The van der Waals surface area contributed by atoms with Crippen LogP contribution in [-0.2, 0) is 4.79 Å². The van der Waals surface area contributed by atoms with Crippen molar-refractivity contribution in [3.8, 4) is 5.75 Å². The smallest absolute Gasteiger partial charge is 0.241 e. The number of carbonyl (C=O) groups excluding carboxylic acids is 1. The molecular weight excluding hydrogens is 394 g/mol. The van der Waals surface area contributed by atoms with Gasteiger partial charge in [-0.3, -0.25) is 9.69 Å². The van der Waals surface area contributed by atoms with E-state index in [2.05, 4.69) is 37.1 Å². The van der Waals surface area contributed by atoms with Gasteiger partial charge >= 0.3 is 0 Å². The van der Waals surface area contributed by atoms with Crippen LogP contribution >= 0.6 is 15.9 Å². The van der Waals surface area contributed by atoms with Crippen LogP contribution in [0.25, 0.3) is 0 Å². The molecule has 1 heterocycles. The van der Waals surface area contributed by atoms with E-state index >= 15 is 0 Å². The highest BCUT2D eigenvalue weighted by molar-refractivity contribution is 9.10. The van der Waals surface area contributed by atoms with Gasteiger partial charge in [-0.05, 0) is 37.3 Å². The first kappa shape index (κ1) is 18.7. The number of carbonyl (C=O) groups is 1. The number of methoxy groups -OCH3 is 1. The summed E-state index contributed by atoms with van der Waals surface area (Å²) in [6.45, 7) is 5.38. The first-order valence-electron chi connectivity index (χ1n) is 8.77. The van der Waals surface area contributed by atoms with Gasteiger partial charge < -0.3 is 15.0 Å². The fourth-order valence-corrected chi connectivity index (χ4v) is 3.62. The van der Waals surface area contributed by atoms with E-state index in [-0.39, 0.29) is 11.9 Å². The average Bonchev–Trinajstić information content (AvgIpc) is 2.67. The van der Waals surface area contributed by atoms with Crippen molar-refractivity contribution in [1.82, 2.24) is 4.90 Å². The molecule has 0 aliphatic carbocycles. The van der Waals surface area contributed by atoms with Gasteiger partial charge in [-0.1, -0.05) is 34.1 Å². The Kier molecular flexibility index (Phi) is 6.16. The molecule has 3 rings (SSSR count). The van der Waals surface area contributed by atoms with Gasteiger partial charge in [0, 0.05) is 36.3 Å². The van der Waals surface area contributed by atoms with Crippen LogP contribution in [0.1, 0.15) is 6.92 Å². The molecule has 0 spiro atoms. The summed E-state index contributed by atoms with van der Waals surface area (Å²) in [7, 11) is 1.70. The minimum absolute atomic E-state index is 0.0221. The summed E-state index contributed by atoms with van der Waals surface area (Å²) in [6.07, 6.45) is 0. The number of anilines is 2. The largest absolute Gasteiger partial charge is 0.495 e. The van der Waals surface area contributed by atoms with E-state index < -0.39 is 0 Å². The maximum atomic E-state index is 12.6. The second-order valence-corrected chi connectivity index (χ2v) is 7.29. The van der Waals surface area contributed by atoms with Gasteiger partial charge in [0.25, 0.3) is 0 Å². The Morgan fingerprint density at radius 1 is 1.12 bits per heavy atom. The zero-order valence-corrected chi connectivity index (χ0v) is 16.7. The first-order chi connectivity index (χ1) is 12.6. The lowest BCUT2D eigenvalue weighted by atomic mass is 10.2. The number of benzene rings is 2. The molecule has 1 N–H and O–H groups in total. The molecule has 26 heavy (non-hydrogen) atoms. The summed E-state index contributed by atoms with van der Waals surface area (Å²) in [4.78, 5) is 17.1. The lowest BCUT2D eigenvalue weighted by molar-refractivity contribution is -0.120. The van der Waals surface area contributed by atoms with Crippen LogP contribution in [0.2, 0.25) is 0 Å². The van der Waals surface area contributed by atoms with Crippen molar-refractivity contribution >= 4 is 33.2 Å². The van der Waals surface area contributed by atoms with Crippen LogP contribution in [0.4, 0.5) is 11.4 Å². The fourth-order valence-electron chi connectivity index (χ4n) is 3.22. The summed E-state index contributed by atoms with van der Waals surface area (Å²) in [5.41, 5.74) is 1.92. The third kappa shape index (κ3) is 4.37. The number of para-hydroxylation sites is 2. The monoisotopic (exact) mass is 417 g/mol. The molecule has 1 aliphatic heterocycles. The number of rotatable bonds is 5. The molecule has 1 saturated heterocycles. The Morgan fingerprint density at radius 3 is 2.54 bits per heavy atom. The second-order valence-electron chi connectivity index (χ2n) is 6.37. The molecule has 0 aromatic heterocycles. The highest BCUT2D eigenvalue weighted by Crippen LogP contribution is 2.28. The molecular formula is C20H24BrN3O2. The minimum atomic E-state index is -0.172. The van der Waals surface area contributed by atoms with E-state index in [1.54, 1.807) is 7.11 Å². The van der Waals surface area contributed by atoms with Crippen molar-refractivity contribution in [1.29, 1.82) is 0 Å². The van der Waals surface area contributed by atoms with E-state index in [0.717, 1.165) is 47.8 Å². The van der Waals surface area contributed by atoms with Crippen molar-refractivity contribution in [2.45, 2.75) is 13.0 Å². The number of piperazine rings is 1. The molecule has 5 nitrogen and oxygen atoms in total. The van der Waals surface area contributed by atoms with Gasteiger partial charge in [0.15, 0.2) is 0 Å². The molecule has 0 saturated carbocycles. The number of nitrogens with zero attached hydrogens (tertiary/aromatic N) is 2. The molecule has 1 unspecified atom stereocenters. The second kappa shape index (κ2) is 8.56. The van der Waals surface area contributed by atoms with Crippen molar-refractivity contribution in [2.24, 2.45) is 0 Å². The topological polar surface area (TPSA) is 44.8 Å². The molecule has 1 fully saturated rings. The van der Waals surface area contributed by atoms with Gasteiger partial charge in [0.1, 0.15) is 5.75 Å². The predicted molar refractivity (Wildman–Crippen MR) is 109 cm³/mol. The lowest BCUT2D eigenvalue weighted by Crippen LogP contribution is -2.52. The summed E-state index contributed by atoms with van der Waals surface area (Å²) in [5.74, 6) is 0.912. The number of hydrogen-bond acceptors (Lipinski definition) is 4. The number of ether oxygens (including phenoxy) is 1. The predicted octanol–water partition coefficient (Wildman–Crippen LogP) is 3.61. The first-order valence-corrected chi connectivity index (χ1v) is 9.56. The number of hydrogen-bond donors (Lipinski definition) is 1. The van der Waals surface area contributed by atoms with Gasteiger partial charge in [-0.15, -0.1) is 0 Å². The van der Waals surface area contributed by atoms with Crippen LogP contribution in [0.15, 0.2) is 53.0 Å². The van der Waals surface area contributed by atoms with Crippen LogP contribution in [0.3, 0.4) is 0 Å². The van der Waals surface area contributed by atoms with Gasteiger partial charge in [0.05, 0.1) is 18.8 Å². The molecule has 0 bridgehead atoms. The minimum Gasteiger partial charge on any atom is -0.495 e. The van der Waals surface area contributed by atoms with Crippen LogP contribution < -0.4 is 15.0 Å². The average molecular weight is 418 g/mol. The molecule has 6 heteroatoms. The SMILES string of the molecule is COc1ccccc1N1CCN(C(C)C(=O)Nc2cccc(Br)c2)CC1. The molecule has 1 amide bonds. The lowest BCUT2D eigenvalue weighted by Gasteiger charge is -2.38. The zero-order chi connectivity index (χ0) is 18.5. The number of halogens is 1. The molecule has 1 aliphatic rings. The van der Waals surface area contributed by atoms with Gasteiger partial charge in [-0.25, -0.2) is 0 Å². The fraction of sp³-hybridized carbons (Fsp3) is 0.350. The van der Waals surface area contributed by atoms with Crippen molar-refractivity contribution in [3.63, 3.8) is 0 Å². The quantitative estimate of drug-likeness (QED) is 0.806. The Balaban J connectivity index is 1.58. The molecule has 2 aromatic rings. The Morgan fingerprint density at radius 2 is 1.85 bits per heavy atom. The molecule has 2 aromatic carbocycles. The number of amides is 1. The van der Waals surface area contributed by atoms with Crippen LogP contribution in [0.5, 0.6) is 5.75 Å². The van der Waals surface area contributed by atoms with E-state index in [1.807, 2.05) is 49.4 Å². The summed E-state index contributed by atoms with van der Waals surface area (Å²) in [6, 6.07) is 15.6. The third-order valence-corrected chi connectivity index (χ3v) is 5.25. The maximum absolute atomic E-state index is 12.6. The van der Waals surface area contributed by atoms with Crippen molar-refractivity contribution < 1.29 is 9.53 Å². The van der Waals surface area contributed by atoms with Crippen molar-refractivity contribution in [3.05, 3.63) is 53.0 Å². The standard InChI is InChI=1S/C20H24BrN3O2/c1-15(20(25)22-17-7-5-6-16(21)14-17)23-10-12-24(13-11-23)18-8-3-4-9-19(18)26-2/h3-9,14-15H,10-13H2,1-2H3,(H,22,25). The molecule has 1 atom stereocenters. The highest BCUT2D eigenvalue weighted by atomic mass is 79.9.